The van der Waals surface area contributed by atoms with Gasteiger partial charge in [0.25, 0.3) is 5.91 Å². The third-order valence-electron chi connectivity index (χ3n) is 4.87. The summed E-state index contributed by atoms with van der Waals surface area (Å²) in [4.78, 5) is 15.0. The molecule has 0 radical (unpaired) electrons. The number of rotatable bonds is 8. The van der Waals surface area contributed by atoms with Gasteiger partial charge in [0, 0.05) is 12.1 Å². The van der Waals surface area contributed by atoms with Crippen LogP contribution in [0.3, 0.4) is 0 Å². The maximum absolute atomic E-state index is 13.2. The number of carbonyl (C=O) groups is 1. The normalized spacial score (nSPS) is 19.4. The van der Waals surface area contributed by atoms with Crippen LogP contribution in [0.25, 0.3) is 0 Å². The molecule has 1 fully saturated rings. The van der Waals surface area contributed by atoms with Crippen LogP contribution in [-0.4, -0.2) is 51.8 Å². The molecular weight excluding hydrogens is 345 g/mol. The van der Waals surface area contributed by atoms with Gasteiger partial charge < -0.3 is 19.9 Å². The first kappa shape index (κ1) is 19.3. The Morgan fingerprint density at radius 3 is 2.48 bits per heavy atom. The minimum Gasteiger partial charge on any atom is -0.493 e. The summed E-state index contributed by atoms with van der Waals surface area (Å²) in [6.45, 7) is 6.34. The molecule has 0 bridgehead atoms. The average molecular weight is 373 g/mol. The molecule has 27 heavy (non-hydrogen) atoms. The number of benzene rings is 2. The van der Waals surface area contributed by atoms with E-state index < -0.39 is 0 Å². The first-order chi connectivity index (χ1) is 13.2. The molecule has 2 aromatic carbocycles. The van der Waals surface area contributed by atoms with Crippen molar-refractivity contribution in [2.75, 3.05) is 51.2 Å². The van der Waals surface area contributed by atoms with Gasteiger partial charge in [-0.15, -0.1) is 0 Å². The first-order valence-corrected chi connectivity index (χ1v) is 9.59. The first-order valence-electron chi connectivity index (χ1n) is 9.59. The summed E-state index contributed by atoms with van der Waals surface area (Å²) in [6, 6.07) is 15.9. The molecule has 1 aliphatic heterocycles. The number of hydrogen-bond acceptors (Lipinski definition) is 2. The lowest BCUT2D eigenvalue weighted by Crippen LogP contribution is -3.28. The molecule has 0 unspecified atom stereocenters. The molecule has 3 N–H and O–H groups in total. The highest BCUT2D eigenvalue weighted by Gasteiger charge is 2.24. The van der Waals surface area contributed by atoms with E-state index in [4.69, 9.17) is 4.74 Å². The zero-order chi connectivity index (χ0) is 18.9. The van der Waals surface area contributed by atoms with E-state index in [2.05, 4.69) is 5.32 Å². The van der Waals surface area contributed by atoms with Crippen molar-refractivity contribution in [2.45, 2.75) is 6.42 Å². The number of halogens is 1. The fraction of sp³-hybridized carbons (Fsp3) is 0.381. The number of para-hydroxylation sites is 1. The highest BCUT2D eigenvalue weighted by Crippen LogP contribution is 2.08. The minimum atomic E-state index is -0.339. The lowest BCUT2D eigenvalue weighted by Gasteiger charge is -2.29. The topological polar surface area (TPSA) is 47.2 Å². The van der Waals surface area contributed by atoms with Crippen LogP contribution in [0.5, 0.6) is 5.75 Å². The molecule has 0 spiro atoms. The van der Waals surface area contributed by atoms with Crippen molar-refractivity contribution in [3.8, 4) is 5.75 Å². The van der Waals surface area contributed by atoms with Gasteiger partial charge in [-0.3, -0.25) is 4.79 Å². The van der Waals surface area contributed by atoms with Crippen LogP contribution in [-0.2, 0) is 4.79 Å². The molecule has 0 aliphatic carbocycles. The van der Waals surface area contributed by atoms with Crippen LogP contribution in [0, 0.1) is 5.82 Å². The molecule has 5 nitrogen and oxygen atoms in total. The van der Waals surface area contributed by atoms with E-state index in [9.17, 15) is 9.18 Å². The van der Waals surface area contributed by atoms with Crippen molar-refractivity contribution in [3.05, 3.63) is 60.4 Å². The summed E-state index contributed by atoms with van der Waals surface area (Å²) in [5.74, 6) is 0.523. The Bertz CT molecular complexity index is 718. The Kier molecular flexibility index (Phi) is 7.19. The number of hydrogen-bond donors (Lipinski definition) is 3. The number of carbonyl (C=O) groups excluding carboxylic acids is 1. The maximum Gasteiger partial charge on any atom is 0.279 e. The van der Waals surface area contributed by atoms with Gasteiger partial charge in [-0.2, -0.15) is 0 Å². The van der Waals surface area contributed by atoms with Crippen LogP contribution in [0.2, 0.25) is 0 Å². The Balaban J connectivity index is 1.30. The van der Waals surface area contributed by atoms with E-state index in [0.29, 0.717) is 12.2 Å². The summed E-state index contributed by atoms with van der Waals surface area (Å²) < 4.78 is 18.9. The number of nitrogens with one attached hydrogen (secondary N) is 3. The molecule has 2 aromatic rings. The van der Waals surface area contributed by atoms with Crippen LogP contribution in [0.1, 0.15) is 6.42 Å². The zero-order valence-electron chi connectivity index (χ0n) is 15.5. The summed E-state index contributed by atoms with van der Waals surface area (Å²) in [5.41, 5.74) is 0.516. The van der Waals surface area contributed by atoms with Gasteiger partial charge in [-0.25, -0.2) is 4.39 Å². The van der Waals surface area contributed by atoms with E-state index in [0.717, 1.165) is 51.5 Å². The molecule has 1 saturated heterocycles. The van der Waals surface area contributed by atoms with Crippen molar-refractivity contribution < 1.29 is 23.7 Å². The van der Waals surface area contributed by atoms with Gasteiger partial charge in [0.05, 0.1) is 13.2 Å². The van der Waals surface area contributed by atoms with E-state index in [1.807, 2.05) is 30.3 Å². The molecular formula is C21H28FN3O2+2. The van der Waals surface area contributed by atoms with Gasteiger partial charge in [-0.05, 0) is 30.3 Å². The van der Waals surface area contributed by atoms with Crippen molar-refractivity contribution in [2.24, 2.45) is 0 Å². The molecule has 0 saturated carbocycles. The van der Waals surface area contributed by atoms with E-state index >= 15 is 0 Å². The standard InChI is InChI=1S/C21H26FN3O2/c22-18-6-4-7-19(16-18)23-21(26)17-25-13-11-24(12-14-25)10-5-15-27-20-8-2-1-3-9-20/h1-4,6-9,16H,5,10-15,17H2,(H,23,26)/p+2. The molecule has 0 aromatic heterocycles. The summed E-state index contributed by atoms with van der Waals surface area (Å²) >= 11 is 0. The SMILES string of the molecule is O=C(C[NH+]1CC[NH+](CCCOc2ccccc2)CC1)Nc1cccc(F)c1. The van der Waals surface area contributed by atoms with E-state index in [-0.39, 0.29) is 11.7 Å². The molecule has 1 aliphatic rings. The molecule has 1 amide bonds. The van der Waals surface area contributed by atoms with Crippen LogP contribution in [0.15, 0.2) is 54.6 Å². The highest BCUT2D eigenvalue weighted by atomic mass is 19.1. The van der Waals surface area contributed by atoms with Gasteiger partial charge in [0.15, 0.2) is 6.54 Å². The second kappa shape index (κ2) is 10.0. The summed E-state index contributed by atoms with van der Waals surface area (Å²) in [7, 11) is 0. The lowest BCUT2D eigenvalue weighted by atomic mass is 10.2. The van der Waals surface area contributed by atoms with Crippen LogP contribution < -0.4 is 19.9 Å². The van der Waals surface area contributed by atoms with Crippen molar-refractivity contribution in [1.82, 2.24) is 0 Å². The Morgan fingerprint density at radius 1 is 1.00 bits per heavy atom. The third kappa shape index (κ3) is 6.66. The van der Waals surface area contributed by atoms with E-state index in [1.54, 1.807) is 17.0 Å². The molecule has 144 valence electrons. The monoisotopic (exact) mass is 373 g/mol. The molecule has 0 atom stereocenters. The van der Waals surface area contributed by atoms with Crippen molar-refractivity contribution in [1.29, 1.82) is 0 Å². The summed E-state index contributed by atoms with van der Waals surface area (Å²) in [5, 5.41) is 2.78. The number of piperazine rings is 1. The predicted octanol–water partition coefficient (Wildman–Crippen LogP) is 0.0167. The van der Waals surface area contributed by atoms with Gasteiger partial charge in [0.2, 0.25) is 0 Å². The highest BCUT2D eigenvalue weighted by molar-refractivity contribution is 5.91. The summed E-state index contributed by atoms with van der Waals surface area (Å²) in [6.07, 6.45) is 1.03. The van der Waals surface area contributed by atoms with Crippen LogP contribution >= 0.6 is 0 Å². The number of anilines is 1. The number of quaternary nitrogens is 2. The smallest absolute Gasteiger partial charge is 0.279 e. The van der Waals surface area contributed by atoms with Crippen LogP contribution in [0.4, 0.5) is 10.1 Å². The molecule has 6 heteroatoms. The lowest BCUT2D eigenvalue weighted by molar-refractivity contribution is -1.01. The minimum absolute atomic E-state index is 0.0599. The second-order valence-corrected chi connectivity index (χ2v) is 7.00. The third-order valence-corrected chi connectivity index (χ3v) is 4.87. The number of ether oxygens (including phenoxy) is 1. The Hall–Kier alpha value is -2.44. The fourth-order valence-corrected chi connectivity index (χ4v) is 3.41. The Labute approximate surface area is 159 Å². The van der Waals surface area contributed by atoms with E-state index in [1.165, 1.54) is 17.0 Å². The second-order valence-electron chi connectivity index (χ2n) is 7.00. The van der Waals surface area contributed by atoms with Gasteiger partial charge in [0.1, 0.15) is 37.7 Å². The van der Waals surface area contributed by atoms with Gasteiger partial charge in [-0.1, -0.05) is 24.3 Å². The maximum atomic E-state index is 13.2. The quantitative estimate of drug-likeness (QED) is 0.572. The fourth-order valence-electron chi connectivity index (χ4n) is 3.41. The zero-order valence-corrected chi connectivity index (χ0v) is 15.5. The largest absolute Gasteiger partial charge is 0.493 e. The number of amides is 1. The molecule has 3 rings (SSSR count). The van der Waals surface area contributed by atoms with Crippen molar-refractivity contribution >= 4 is 11.6 Å². The Morgan fingerprint density at radius 2 is 1.74 bits per heavy atom. The van der Waals surface area contributed by atoms with Crippen molar-refractivity contribution in [3.63, 3.8) is 0 Å². The molecule has 1 heterocycles. The average Bonchev–Trinajstić information content (AvgIpc) is 2.67. The van der Waals surface area contributed by atoms with Gasteiger partial charge >= 0.3 is 0 Å². The predicted molar refractivity (Wildman–Crippen MR) is 103 cm³/mol.